The summed E-state index contributed by atoms with van der Waals surface area (Å²) in [6, 6.07) is 7.82. The Morgan fingerprint density at radius 1 is 1.44 bits per heavy atom. The minimum atomic E-state index is -2.92. The van der Waals surface area contributed by atoms with Gasteiger partial charge in [0.05, 0.1) is 5.75 Å². The van der Waals surface area contributed by atoms with Gasteiger partial charge in [-0.3, -0.25) is 0 Å². The van der Waals surface area contributed by atoms with Gasteiger partial charge in [0.25, 0.3) is 0 Å². The Hall–Kier alpha value is -0.0600. The fraction of sp³-hybridized carbons (Fsp3) is 0.455. The Labute approximate surface area is 110 Å². The van der Waals surface area contributed by atoms with Gasteiger partial charge in [-0.15, -0.1) is 11.6 Å². The Morgan fingerprint density at radius 2 is 2.12 bits per heavy atom. The van der Waals surface area contributed by atoms with Crippen LogP contribution in [0.3, 0.4) is 0 Å². The molecule has 0 spiro atoms. The number of sulfone groups is 1. The third kappa shape index (κ3) is 4.85. The first kappa shape index (κ1) is 14.0. The van der Waals surface area contributed by atoms with Crippen LogP contribution in [0.4, 0.5) is 0 Å². The molecule has 1 aromatic carbocycles. The van der Waals surface area contributed by atoms with Crippen LogP contribution in [0.2, 0.25) is 0 Å². The number of alkyl halides is 1. The topological polar surface area (TPSA) is 34.1 Å². The summed E-state index contributed by atoms with van der Waals surface area (Å²) in [5.74, 6) is 0.706. The first-order valence-corrected chi connectivity index (χ1v) is 8.30. The second-order valence-electron chi connectivity index (χ2n) is 3.82. The monoisotopic (exact) mass is 324 g/mol. The van der Waals surface area contributed by atoms with E-state index in [-0.39, 0.29) is 11.7 Å². The highest BCUT2D eigenvalue weighted by Crippen LogP contribution is 2.24. The Kier molecular flexibility index (Phi) is 5.28. The second kappa shape index (κ2) is 6.03. The molecular formula is C11H14BrClO2S. The van der Waals surface area contributed by atoms with Crippen LogP contribution in [0.5, 0.6) is 0 Å². The van der Waals surface area contributed by atoms with E-state index < -0.39 is 9.84 Å². The van der Waals surface area contributed by atoms with Gasteiger partial charge in [-0.05, 0) is 30.0 Å². The van der Waals surface area contributed by atoms with Gasteiger partial charge in [-0.1, -0.05) is 28.1 Å². The predicted molar refractivity (Wildman–Crippen MR) is 71.9 cm³/mol. The summed E-state index contributed by atoms with van der Waals surface area (Å²) in [7, 11) is -2.92. The highest BCUT2D eigenvalue weighted by Gasteiger charge is 2.13. The number of benzene rings is 1. The summed E-state index contributed by atoms with van der Waals surface area (Å²) >= 11 is 9.26. The molecule has 0 amide bonds. The first-order chi connectivity index (χ1) is 7.42. The van der Waals surface area contributed by atoms with Crippen molar-refractivity contribution >= 4 is 37.4 Å². The normalized spacial score (nSPS) is 13.7. The van der Waals surface area contributed by atoms with E-state index in [0.29, 0.717) is 12.3 Å². The van der Waals surface area contributed by atoms with Gasteiger partial charge in [0.1, 0.15) is 9.84 Å². The Balaban J connectivity index is 2.75. The standard InChI is InChI=1S/C11H14BrClO2S/c1-16(14,15)6-5-10(8-13)9-3-2-4-11(12)7-9/h2-4,7,10H,5-6,8H2,1H3. The lowest BCUT2D eigenvalue weighted by atomic mass is 9.99. The molecule has 0 radical (unpaired) electrons. The molecule has 0 aliphatic rings. The van der Waals surface area contributed by atoms with Crippen LogP contribution in [-0.2, 0) is 9.84 Å². The third-order valence-corrected chi connectivity index (χ3v) is 4.19. The quantitative estimate of drug-likeness (QED) is 0.779. The lowest BCUT2D eigenvalue weighted by Gasteiger charge is -2.13. The summed E-state index contributed by atoms with van der Waals surface area (Å²) in [6.45, 7) is 0. The number of halogens is 2. The van der Waals surface area contributed by atoms with E-state index in [0.717, 1.165) is 10.0 Å². The summed E-state index contributed by atoms with van der Waals surface area (Å²) in [5, 5.41) is 0. The molecule has 0 heterocycles. The van der Waals surface area contributed by atoms with E-state index in [4.69, 9.17) is 11.6 Å². The van der Waals surface area contributed by atoms with Gasteiger partial charge < -0.3 is 0 Å². The molecule has 0 aliphatic carbocycles. The first-order valence-electron chi connectivity index (χ1n) is 4.91. The van der Waals surface area contributed by atoms with E-state index in [1.165, 1.54) is 6.26 Å². The van der Waals surface area contributed by atoms with Crippen molar-refractivity contribution in [3.8, 4) is 0 Å². The summed E-state index contributed by atoms with van der Waals surface area (Å²) in [4.78, 5) is 0. The molecule has 0 bridgehead atoms. The highest BCUT2D eigenvalue weighted by molar-refractivity contribution is 9.10. The van der Waals surface area contributed by atoms with Crippen molar-refractivity contribution in [1.29, 1.82) is 0 Å². The van der Waals surface area contributed by atoms with Gasteiger partial charge in [0.15, 0.2) is 0 Å². The van der Waals surface area contributed by atoms with Crippen LogP contribution in [0.15, 0.2) is 28.7 Å². The predicted octanol–water partition coefficient (Wildman–Crippen LogP) is 3.21. The lowest BCUT2D eigenvalue weighted by Crippen LogP contribution is -2.09. The molecule has 90 valence electrons. The van der Waals surface area contributed by atoms with Crippen LogP contribution >= 0.6 is 27.5 Å². The Morgan fingerprint density at radius 3 is 2.62 bits per heavy atom. The van der Waals surface area contributed by atoms with Crippen molar-refractivity contribution < 1.29 is 8.42 Å². The van der Waals surface area contributed by atoms with E-state index in [1.807, 2.05) is 24.3 Å². The molecule has 0 saturated heterocycles. The molecule has 1 aromatic rings. The van der Waals surface area contributed by atoms with E-state index in [2.05, 4.69) is 15.9 Å². The summed E-state index contributed by atoms with van der Waals surface area (Å²) in [6.07, 6.45) is 1.82. The minimum Gasteiger partial charge on any atom is -0.229 e. The third-order valence-electron chi connectivity index (χ3n) is 2.34. The van der Waals surface area contributed by atoms with E-state index in [1.54, 1.807) is 0 Å². The fourth-order valence-corrected chi connectivity index (χ4v) is 2.91. The largest absolute Gasteiger partial charge is 0.229 e. The maximum atomic E-state index is 11.1. The summed E-state index contributed by atoms with van der Waals surface area (Å²) in [5.41, 5.74) is 1.08. The van der Waals surface area contributed by atoms with Gasteiger partial charge >= 0.3 is 0 Å². The molecule has 1 unspecified atom stereocenters. The van der Waals surface area contributed by atoms with E-state index in [9.17, 15) is 8.42 Å². The molecule has 0 saturated carbocycles. The Bertz CT molecular complexity index is 445. The average Bonchev–Trinajstić information content (AvgIpc) is 2.17. The molecule has 0 fully saturated rings. The van der Waals surface area contributed by atoms with Crippen molar-refractivity contribution in [3.63, 3.8) is 0 Å². The average molecular weight is 326 g/mol. The lowest BCUT2D eigenvalue weighted by molar-refractivity contribution is 0.594. The maximum absolute atomic E-state index is 11.1. The van der Waals surface area contributed by atoms with Crippen LogP contribution in [-0.4, -0.2) is 26.3 Å². The molecule has 1 rings (SSSR count). The van der Waals surface area contributed by atoms with Crippen molar-refractivity contribution in [1.82, 2.24) is 0 Å². The highest BCUT2D eigenvalue weighted by atomic mass is 79.9. The van der Waals surface area contributed by atoms with Crippen molar-refractivity contribution in [2.24, 2.45) is 0 Å². The van der Waals surface area contributed by atoms with Crippen LogP contribution in [0, 0.1) is 0 Å². The molecule has 1 atom stereocenters. The van der Waals surface area contributed by atoms with Gasteiger partial charge in [0.2, 0.25) is 0 Å². The van der Waals surface area contributed by atoms with Crippen molar-refractivity contribution in [2.75, 3.05) is 17.9 Å². The zero-order chi connectivity index (χ0) is 12.2. The molecular weight excluding hydrogens is 312 g/mol. The zero-order valence-corrected chi connectivity index (χ0v) is 12.1. The van der Waals surface area contributed by atoms with Gasteiger partial charge in [-0.25, -0.2) is 8.42 Å². The minimum absolute atomic E-state index is 0.0916. The maximum Gasteiger partial charge on any atom is 0.147 e. The van der Waals surface area contributed by atoms with Crippen molar-refractivity contribution in [2.45, 2.75) is 12.3 Å². The van der Waals surface area contributed by atoms with E-state index >= 15 is 0 Å². The molecule has 16 heavy (non-hydrogen) atoms. The second-order valence-corrected chi connectivity index (χ2v) is 7.31. The molecule has 0 aliphatic heterocycles. The summed E-state index contributed by atoms with van der Waals surface area (Å²) < 4.78 is 23.2. The number of rotatable bonds is 5. The van der Waals surface area contributed by atoms with Crippen LogP contribution < -0.4 is 0 Å². The number of hydrogen-bond acceptors (Lipinski definition) is 2. The molecule has 2 nitrogen and oxygen atoms in total. The smallest absolute Gasteiger partial charge is 0.147 e. The van der Waals surface area contributed by atoms with Gasteiger partial charge in [0, 0.05) is 16.6 Å². The van der Waals surface area contributed by atoms with Crippen molar-refractivity contribution in [3.05, 3.63) is 34.3 Å². The molecule has 5 heteroatoms. The molecule has 0 N–H and O–H groups in total. The van der Waals surface area contributed by atoms with Gasteiger partial charge in [-0.2, -0.15) is 0 Å². The SMILES string of the molecule is CS(=O)(=O)CCC(CCl)c1cccc(Br)c1. The number of hydrogen-bond donors (Lipinski definition) is 0. The van der Waals surface area contributed by atoms with Crippen LogP contribution in [0.25, 0.3) is 0 Å². The fourth-order valence-electron chi connectivity index (χ4n) is 1.45. The zero-order valence-electron chi connectivity index (χ0n) is 8.99. The van der Waals surface area contributed by atoms with Crippen LogP contribution in [0.1, 0.15) is 17.9 Å². The molecule has 0 aromatic heterocycles.